The summed E-state index contributed by atoms with van der Waals surface area (Å²) in [4.78, 5) is 2.51. The summed E-state index contributed by atoms with van der Waals surface area (Å²) < 4.78 is 0. The van der Waals surface area contributed by atoms with Crippen LogP contribution in [0.4, 0.5) is 0 Å². The predicted molar refractivity (Wildman–Crippen MR) is 49.9 cm³/mol. The predicted octanol–water partition coefficient (Wildman–Crippen LogP) is -0.515. The van der Waals surface area contributed by atoms with E-state index in [1.165, 1.54) is 26.2 Å². The quantitative estimate of drug-likeness (QED) is 0.585. The van der Waals surface area contributed by atoms with E-state index in [1.54, 1.807) is 0 Å². The maximum atomic E-state index is 5.77. The van der Waals surface area contributed by atoms with Crippen LogP contribution < -0.4 is 11.1 Å². The minimum absolute atomic E-state index is 0.330. The number of hydrogen-bond acceptors (Lipinski definition) is 3. The fourth-order valence-electron chi connectivity index (χ4n) is 2.51. The number of rotatable bonds is 2. The highest BCUT2D eigenvalue weighted by molar-refractivity contribution is 4.91. The highest BCUT2D eigenvalue weighted by Crippen LogP contribution is 2.25. The van der Waals surface area contributed by atoms with Crippen molar-refractivity contribution in [1.29, 1.82) is 0 Å². The van der Waals surface area contributed by atoms with Crippen molar-refractivity contribution >= 4 is 0 Å². The Kier molecular flexibility index (Phi) is 2.35. The maximum Gasteiger partial charge on any atom is 0.0139 e. The third kappa shape index (κ3) is 1.63. The van der Waals surface area contributed by atoms with Gasteiger partial charge in [-0.25, -0.2) is 0 Å². The van der Waals surface area contributed by atoms with Crippen LogP contribution in [0.1, 0.15) is 6.92 Å². The Labute approximate surface area is 74.3 Å². The van der Waals surface area contributed by atoms with Gasteiger partial charge in [0.1, 0.15) is 0 Å². The fraction of sp³-hybridized carbons (Fsp3) is 1.00. The Morgan fingerprint density at radius 2 is 2.00 bits per heavy atom. The van der Waals surface area contributed by atoms with E-state index in [2.05, 4.69) is 17.1 Å². The van der Waals surface area contributed by atoms with E-state index in [1.807, 2.05) is 0 Å². The monoisotopic (exact) mass is 169 g/mol. The summed E-state index contributed by atoms with van der Waals surface area (Å²) in [6, 6.07) is 0.330. The lowest BCUT2D eigenvalue weighted by Crippen LogP contribution is -2.35. The number of likely N-dealkylation sites (tertiary alicyclic amines) is 1. The normalized spacial score (nSPS) is 38.5. The van der Waals surface area contributed by atoms with E-state index in [0.717, 1.165) is 18.4 Å². The van der Waals surface area contributed by atoms with Crippen molar-refractivity contribution in [2.45, 2.75) is 13.0 Å². The molecule has 3 nitrogen and oxygen atoms in total. The zero-order valence-corrected chi connectivity index (χ0v) is 7.79. The minimum Gasteiger partial charge on any atom is -0.327 e. The van der Waals surface area contributed by atoms with E-state index < -0.39 is 0 Å². The Morgan fingerprint density at radius 3 is 2.50 bits per heavy atom. The molecule has 0 aliphatic carbocycles. The van der Waals surface area contributed by atoms with Crippen LogP contribution in [0.5, 0.6) is 0 Å². The zero-order valence-electron chi connectivity index (χ0n) is 7.79. The van der Waals surface area contributed by atoms with Crippen LogP contribution in [0.25, 0.3) is 0 Å². The Morgan fingerprint density at radius 1 is 1.42 bits per heavy atom. The van der Waals surface area contributed by atoms with Crippen molar-refractivity contribution in [2.24, 2.45) is 17.6 Å². The third-order valence-corrected chi connectivity index (χ3v) is 3.01. The van der Waals surface area contributed by atoms with E-state index in [4.69, 9.17) is 5.73 Å². The van der Waals surface area contributed by atoms with Gasteiger partial charge in [-0.05, 0) is 31.8 Å². The highest BCUT2D eigenvalue weighted by Gasteiger charge is 2.35. The lowest BCUT2D eigenvalue weighted by Gasteiger charge is -2.18. The first-order chi connectivity index (χ1) is 5.75. The van der Waals surface area contributed by atoms with Crippen LogP contribution >= 0.6 is 0 Å². The number of nitrogens with two attached hydrogens (primary N) is 1. The molecule has 1 unspecified atom stereocenters. The van der Waals surface area contributed by atoms with Gasteiger partial charge in [-0.2, -0.15) is 0 Å². The number of nitrogens with one attached hydrogen (secondary N) is 1. The first kappa shape index (κ1) is 8.48. The van der Waals surface area contributed by atoms with Gasteiger partial charge in [-0.15, -0.1) is 0 Å². The molecule has 2 fully saturated rings. The molecule has 0 aromatic heterocycles. The summed E-state index contributed by atoms with van der Waals surface area (Å²) in [6.45, 7) is 8.14. The smallest absolute Gasteiger partial charge is 0.0139 e. The van der Waals surface area contributed by atoms with Crippen LogP contribution in [0.15, 0.2) is 0 Å². The minimum atomic E-state index is 0.330. The molecular weight excluding hydrogens is 150 g/mol. The molecule has 0 saturated carbocycles. The molecule has 12 heavy (non-hydrogen) atoms. The molecule has 2 rings (SSSR count). The van der Waals surface area contributed by atoms with Crippen LogP contribution in [-0.4, -0.2) is 43.7 Å². The topological polar surface area (TPSA) is 41.3 Å². The summed E-state index contributed by atoms with van der Waals surface area (Å²) in [7, 11) is 0. The van der Waals surface area contributed by atoms with Gasteiger partial charge in [0.15, 0.2) is 0 Å². The molecule has 3 atom stereocenters. The molecule has 0 aromatic carbocycles. The molecule has 0 radical (unpaired) electrons. The van der Waals surface area contributed by atoms with Crippen molar-refractivity contribution in [3.63, 3.8) is 0 Å². The summed E-state index contributed by atoms with van der Waals surface area (Å²) in [5.41, 5.74) is 5.77. The van der Waals surface area contributed by atoms with E-state index in [-0.39, 0.29) is 0 Å². The van der Waals surface area contributed by atoms with Crippen molar-refractivity contribution in [3.8, 4) is 0 Å². The maximum absolute atomic E-state index is 5.77. The van der Waals surface area contributed by atoms with E-state index in [9.17, 15) is 0 Å². The van der Waals surface area contributed by atoms with Gasteiger partial charge in [0.2, 0.25) is 0 Å². The summed E-state index contributed by atoms with van der Waals surface area (Å²) in [5, 5.41) is 3.44. The zero-order chi connectivity index (χ0) is 8.55. The molecule has 2 aliphatic heterocycles. The molecule has 2 aliphatic rings. The largest absolute Gasteiger partial charge is 0.327 e. The molecule has 3 N–H and O–H groups in total. The van der Waals surface area contributed by atoms with Gasteiger partial charge in [-0.1, -0.05) is 0 Å². The molecule has 70 valence electrons. The van der Waals surface area contributed by atoms with Gasteiger partial charge >= 0.3 is 0 Å². The second-order valence-electron chi connectivity index (χ2n) is 4.37. The number of nitrogens with zero attached hydrogens (tertiary/aromatic N) is 1. The molecule has 0 spiro atoms. The Balaban J connectivity index is 1.82. The Bertz CT molecular complexity index is 146. The SMILES string of the molecule is CC(N)CN1C[C@H]2CNC[C@H]2C1. The first-order valence-electron chi connectivity index (χ1n) is 4.94. The average molecular weight is 169 g/mol. The summed E-state index contributed by atoms with van der Waals surface area (Å²) in [6.07, 6.45) is 0. The molecule has 3 heteroatoms. The van der Waals surface area contributed by atoms with Gasteiger partial charge in [0, 0.05) is 25.7 Å². The second kappa shape index (κ2) is 3.32. The lowest BCUT2D eigenvalue weighted by molar-refractivity contribution is 0.298. The standard InChI is InChI=1S/C9H19N3/c1-7(10)4-12-5-8-2-11-3-9(8)6-12/h7-9,11H,2-6,10H2,1H3/t7?,8-,9+. The van der Waals surface area contributed by atoms with Gasteiger partial charge < -0.3 is 16.0 Å². The second-order valence-corrected chi connectivity index (χ2v) is 4.37. The average Bonchev–Trinajstić information content (AvgIpc) is 2.43. The van der Waals surface area contributed by atoms with Gasteiger partial charge in [-0.3, -0.25) is 0 Å². The summed E-state index contributed by atoms with van der Waals surface area (Å²) >= 11 is 0. The highest BCUT2D eigenvalue weighted by atomic mass is 15.2. The first-order valence-corrected chi connectivity index (χ1v) is 4.94. The van der Waals surface area contributed by atoms with E-state index >= 15 is 0 Å². The third-order valence-electron chi connectivity index (χ3n) is 3.01. The fourth-order valence-corrected chi connectivity index (χ4v) is 2.51. The van der Waals surface area contributed by atoms with E-state index in [0.29, 0.717) is 6.04 Å². The number of hydrogen-bond donors (Lipinski definition) is 2. The van der Waals surface area contributed by atoms with Crippen LogP contribution in [0.3, 0.4) is 0 Å². The van der Waals surface area contributed by atoms with Gasteiger partial charge in [0.05, 0.1) is 0 Å². The van der Waals surface area contributed by atoms with Gasteiger partial charge in [0.25, 0.3) is 0 Å². The molecular formula is C9H19N3. The van der Waals surface area contributed by atoms with Crippen LogP contribution in [0.2, 0.25) is 0 Å². The van der Waals surface area contributed by atoms with Crippen molar-refractivity contribution < 1.29 is 0 Å². The van der Waals surface area contributed by atoms with Crippen molar-refractivity contribution in [3.05, 3.63) is 0 Å². The summed E-state index contributed by atoms with van der Waals surface area (Å²) in [5.74, 6) is 1.81. The molecule has 0 bridgehead atoms. The Hall–Kier alpha value is -0.120. The molecule has 2 saturated heterocycles. The van der Waals surface area contributed by atoms with Crippen LogP contribution in [0, 0.1) is 11.8 Å². The van der Waals surface area contributed by atoms with Crippen molar-refractivity contribution in [2.75, 3.05) is 32.7 Å². The lowest BCUT2D eigenvalue weighted by atomic mass is 10.0. The number of fused-ring (bicyclic) bond motifs is 1. The van der Waals surface area contributed by atoms with Crippen molar-refractivity contribution in [1.82, 2.24) is 10.2 Å². The molecule has 0 aromatic rings. The van der Waals surface area contributed by atoms with Crippen LogP contribution in [-0.2, 0) is 0 Å². The molecule has 0 amide bonds. The molecule has 2 heterocycles.